The van der Waals surface area contributed by atoms with Crippen molar-refractivity contribution in [1.82, 2.24) is 0 Å². The minimum atomic E-state index is 0.237. The molecule has 2 heteroatoms. The number of aryl methyl sites for hydroxylation is 1. The topological polar surface area (TPSA) is 29.3 Å². The van der Waals surface area contributed by atoms with Crippen LogP contribution in [0.25, 0.3) is 0 Å². The summed E-state index contributed by atoms with van der Waals surface area (Å²) < 4.78 is 0. The lowest BCUT2D eigenvalue weighted by atomic mass is 10.0. The van der Waals surface area contributed by atoms with Crippen LogP contribution < -0.4 is 10.6 Å². The van der Waals surface area contributed by atoms with Gasteiger partial charge in [-0.25, -0.2) is 0 Å². The fraction of sp³-hybridized carbons (Fsp3) is 0.625. The van der Waals surface area contributed by atoms with Gasteiger partial charge in [-0.15, -0.1) is 0 Å². The molecule has 0 aliphatic carbocycles. The Labute approximate surface area is 111 Å². The first-order chi connectivity index (χ1) is 8.47. The van der Waals surface area contributed by atoms with Crippen molar-refractivity contribution >= 4 is 5.69 Å². The number of anilines is 1. The standard InChI is InChI=1S/C16H26N2/c1-11-7-14(4)18(10-11)16-6-5-15(8-12(16)2)9-13(3)17/h5-6,8,11,13-14H,7,9-10,17H2,1-4H3. The summed E-state index contributed by atoms with van der Waals surface area (Å²) in [6.07, 6.45) is 2.27. The van der Waals surface area contributed by atoms with Gasteiger partial charge >= 0.3 is 0 Å². The SMILES string of the molecule is Cc1cc(CC(C)N)ccc1N1CC(C)CC1C. The van der Waals surface area contributed by atoms with E-state index in [4.69, 9.17) is 5.73 Å². The predicted molar refractivity (Wildman–Crippen MR) is 79.1 cm³/mol. The van der Waals surface area contributed by atoms with Crippen molar-refractivity contribution in [2.75, 3.05) is 11.4 Å². The summed E-state index contributed by atoms with van der Waals surface area (Å²) in [6.45, 7) is 10.1. The van der Waals surface area contributed by atoms with Gasteiger partial charge in [-0.3, -0.25) is 0 Å². The molecule has 0 spiro atoms. The van der Waals surface area contributed by atoms with Crippen LogP contribution in [0.2, 0.25) is 0 Å². The smallest absolute Gasteiger partial charge is 0.0398 e. The molecule has 3 atom stereocenters. The van der Waals surface area contributed by atoms with Gasteiger partial charge in [0.2, 0.25) is 0 Å². The maximum Gasteiger partial charge on any atom is 0.0398 e. The Morgan fingerprint density at radius 3 is 2.61 bits per heavy atom. The van der Waals surface area contributed by atoms with E-state index in [1.165, 1.54) is 29.8 Å². The van der Waals surface area contributed by atoms with Gasteiger partial charge < -0.3 is 10.6 Å². The number of nitrogens with zero attached hydrogens (tertiary/aromatic N) is 1. The average Bonchev–Trinajstić information content (AvgIpc) is 2.57. The molecule has 2 nitrogen and oxygen atoms in total. The highest BCUT2D eigenvalue weighted by molar-refractivity contribution is 5.56. The zero-order valence-corrected chi connectivity index (χ0v) is 12.1. The molecule has 1 aromatic carbocycles. The first-order valence-corrected chi connectivity index (χ1v) is 7.09. The zero-order valence-electron chi connectivity index (χ0n) is 12.1. The fourth-order valence-corrected chi connectivity index (χ4v) is 3.17. The molecule has 2 N–H and O–H groups in total. The average molecular weight is 246 g/mol. The van der Waals surface area contributed by atoms with Crippen LogP contribution in [-0.4, -0.2) is 18.6 Å². The fourth-order valence-electron chi connectivity index (χ4n) is 3.17. The second-order valence-corrected chi connectivity index (χ2v) is 6.14. The molecule has 1 heterocycles. The van der Waals surface area contributed by atoms with Crippen molar-refractivity contribution in [3.63, 3.8) is 0 Å². The summed E-state index contributed by atoms with van der Waals surface area (Å²) >= 11 is 0. The number of rotatable bonds is 3. The van der Waals surface area contributed by atoms with E-state index in [9.17, 15) is 0 Å². The number of nitrogens with two attached hydrogens (primary N) is 1. The predicted octanol–water partition coefficient (Wildman–Crippen LogP) is 3.12. The van der Waals surface area contributed by atoms with Crippen LogP contribution in [0.1, 0.15) is 38.3 Å². The monoisotopic (exact) mass is 246 g/mol. The van der Waals surface area contributed by atoms with Gasteiger partial charge in [-0.1, -0.05) is 19.1 Å². The summed E-state index contributed by atoms with van der Waals surface area (Å²) in [5, 5.41) is 0. The summed E-state index contributed by atoms with van der Waals surface area (Å²) in [5.41, 5.74) is 10.0. The quantitative estimate of drug-likeness (QED) is 0.888. The van der Waals surface area contributed by atoms with Gasteiger partial charge in [0, 0.05) is 24.3 Å². The van der Waals surface area contributed by atoms with Crippen molar-refractivity contribution in [1.29, 1.82) is 0 Å². The molecular weight excluding hydrogens is 220 g/mol. The molecular formula is C16H26N2. The Morgan fingerprint density at radius 2 is 2.11 bits per heavy atom. The van der Waals surface area contributed by atoms with Gasteiger partial charge in [0.05, 0.1) is 0 Å². The molecule has 1 saturated heterocycles. The minimum absolute atomic E-state index is 0.237. The highest BCUT2D eigenvalue weighted by Gasteiger charge is 2.26. The third-order valence-electron chi connectivity index (χ3n) is 3.91. The molecule has 1 aromatic rings. The summed E-state index contributed by atoms with van der Waals surface area (Å²) in [4.78, 5) is 2.55. The van der Waals surface area contributed by atoms with E-state index < -0.39 is 0 Å². The largest absolute Gasteiger partial charge is 0.368 e. The van der Waals surface area contributed by atoms with Crippen molar-refractivity contribution in [3.05, 3.63) is 29.3 Å². The zero-order chi connectivity index (χ0) is 13.3. The van der Waals surface area contributed by atoms with Gasteiger partial charge in [-0.2, -0.15) is 0 Å². The molecule has 1 aliphatic heterocycles. The molecule has 2 rings (SSSR count). The molecule has 1 fully saturated rings. The lowest BCUT2D eigenvalue weighted by molar-refractivity contribution is 0.625. The molecule has 0 saturated carbocycles. The van der Waals surface area contributed by atoms with Gasteiger partial charge in [0.1, 0.15) is 0 Å². The molecule has 3 unspecified atom stereocenters. The Balaban J connectivity index is 2.19. The van der Waals surface area contributed by atoms with E-state index in [2.05, 4.69) is 50.8 Å². The Morgan fingerprint density at radius 1 is 1.39 bits per heavy atom. The maximum absolute atomic E-state index is 5.86. The first kappa shape index (κ1) is 13.4. The van der Waals surface area contributed by atoms with E-state index in [1.807, 2.05) is 0 Å². The summed E-state index contributed by atoms with van der Waals surface area (Å²) in [7, 11) is 0. The third kappa shape index (κ3) is 2.86. The van der Waals surface area contributed by atoms with Crippen molar-refractivity contribution < 1.29 is 0 Å². The van der Waals surface area contributed by atoms with Crippen LogP contribution in [-0.2, 0) is 6.42 Å². The lowest BCUT2D eigenvalue weighted by Gasteiger charge is -2.26. The van der Waals surface area contributed by atoms with E-state index in [-0.39, 0.29) is 6.04 Å². The van der Waals surface area contributed by atoms with Crippen LogP contribution in [0.4, 0.5) is 5.69 Å². The third-order valence-corrected chi connectivity index (χ3v) is 3.91. The Kier molecular flexibility index (Phi) is 3.96. The van der Waals surface area contributed by atoms with Crippen LogP contribution in [0.15, 0.2) is 18.2 Å². The minimum Gasteiger partial charge on any atom is -0.368 e. The van der Waals surface area contributed by atoms with Crippen LogP contribution in [0, 0.1) is 12.8 Å². The summed E-state index contributed by atoms with van der Waals surface area (Å²) in [6, 6.07) is 7.72. The molecule has 0 bridgehead atoms. The number of hydrogen-bond donors (Lipinski definition) is 1. The van der Waals surface area contributed by atoms with Gasteiger partial charge in [-0.05, 0) is 56.7 Å². The van der Waals surface area contributed by atoms with E-state index in [0.717, 1.165) is 12.3 Å². The second kappa shape index (κ2) is 5.31. The Hall–Kier alpha value is -1.02. The van der Waals surface area contributed by atoms with Gasteiger partial charge in [0.15, 0.2) is 0 Å². The first-order valence-electron chi connectivity index (χ1n) is 7.09. The van der Waals surface area contributed by atoms with Crippen LogP contribution >= 0.6 is 0 Å². The molecule has 1 aliphatic rings. The normalized spacial score (nSPS) is 25.5. The van der Waals surface area contributed by atoms with Crippen molar-refractivity contribution in [2.45, 2.75) is 52.6 Å². The van der Waals surface area contributed by atoms with Gasteiger partial charge in [0.25, 0.3) is 0 Å². The lowest BCUT2D eigenvalue weighted by Crippen LogP contribution is -2.27. The van der Waals surface area contributed by atoms with E-state index in [0.29, 0.717) is 6.04 Å². The molecule has 0 aromatic heterocycles. The maximum atomic E-state index is 5.86. The van der Waals surface area contributed by atoms with Crippen molar-refractivity contribution in [2.24, 2.45) is 11.7 Å². The van der Waals surface area contributed by atoms with Crippen LogP contribution in [0.3, 0.4) is 0 Å². The molecule has 100 valence electrons. The van der Waals surface area contributed by atoms with Crippen LogP contribution in [0.5, 0.6) is 0 Å². The highest BCUT2D eigenvalue weighted by atomic mass is 15.2. The second-order valence-electron chi connectivity index (χ2n) is 6.14. The number of hydrogen-bond acceptors (Lipinski definition) is 2. The Bertz CT molecular complexity index is 412. The highest BCUT2D eigenvalue weighted by Crippen LogP contribution is 2.31. The molecule has 0 amide bonds. The summed E-state index contributed by atoms with van der Waals surface area (Å²) in [5.74, 6) is 0.808. The number of benzene rings is 1. The van der Waals surface area contributed by atoms with Crippen molar-refractivity contribution in [3.8, 4) is 0 Å². The molecule has 18 heavy (non-hydrogen) atoms. The molecule has 0 radical (unpaired) electrons. The van der Waals surface area contributed by atoms with E-state index in [1.54, 1.807) is 0 Å². The van der Waals surface area contributed by atoms with E-state index >= 15 is 0 Å².